The number of rotatable bonds is 7. The highest BCUT2D eigenvalue weighted by molar-refractivity contribution is 5.47. The van der Waals surface area contributed by atoms with Crippen LogP contribution in [0, 0.1) is 5.92 Å². The van der Waals surface area contributed by atoms with Gasteiger partial charge in [-0.05, 0) is 30.7 Å². The van der Waals surface area contributed by atoms with Gasteiger partial charge < -0.3 is 10.8 Å². The van der Waals surface area contributed by atoms with Gasteiger partial charge >= 0.3 is 0 Å². The average Bonchev–Trinajstić information content (AvgIpc) is 2.38. The normalized spacial score (nSPS) is 11.4. The molecule has 0 aliphatic heterocycles. The zero-order valence-electron chi connectivity index (χ0n) is 11.8. The number of hydrogen-bond donors (Lipinski definition) is 2. The summed E-state index contributed by atoms with van der Waals surface area (Å²) in [5.74, 6) is 1.07. The van der Waals surface area contributed by atoms with Crippen molar-refractivity contribution in [2.75, 3.05) is 18.8 Å². The molecule has 0 spiro atoms. The summed E-state index contributed by atoms with van der Waals surface area (Å²) in [6, 6.07) is 5.27. The first-order valence-electron chi connectivity index (χ1n) is 6.90. The molecule has 3 nitrogen and oxygen atoms in total. The van der Waals surface area contributed by atoms with Crippen LogP contribution in [0.1, 0.15) is 39.2 Å². The number of nitrogen functional groups attached to an aromatic ring is 1. The molecule has 0 bridgehead atoms. The molecular weight excluding hydrogens is 224 g/mol. The van der Waals surface area contributed by atoms with Gasteiger partial charge in [-0.1, -0.05) is 33.6 Å². The highest BCUT2D eigenvalue weighted by Crippen LogP contribution is 2.22. The number of anilines is 1. The smallest absolute Gasteiger partial charge is 0.120 e. The second kappa shape index (κ2) is 7.27. The van der Waals surface area contributed by atoms with Crippen LogP contribution < -0.4 is 5.73 Å². The lowest BCUT2D eigenvalue weighted by molar-refractivity contribution is 0.224. The van der Waals surface area contributed by atoms with Gasteiger partial charge in [0.05, 0.1) is 0 Å². The van der Waals surface area contributed by atoms with Crippen molar-refractivity contribution in [3.63, 3.8) is 0 Å². The number of nitrogens with zero attached hydrogens (tertiary/aromatic N) is 1. The van der Waals surface area contributed by atoms with E-state index in [4.69, 9.17) is 5.73 Å². The summed E-state index contributed by atoms with van der Waals surface area (Å²) >= 11 is 0. The maximum Gasteiger partial charge on any atom is 0.120 e. The summed E-state index contributed by atoms with van der Waals surface area (Å²) in [7, 11) is 0. The molecule has 0 fully saturated rings. The van der Waals surface area contributed by atoms with Crippen LogP contribution in [0.4, 0.5) is 5.69 Å². The van der Waals surface area contributed by atoms with Gasteiger partial charge in [-0.15, -0.1) is 0 Å². The highest BCUT2D eigenvalue weighted by Gasteiger charge is 2.12. The Morgan fingerprint density at radius 2 is 1.89 bits per heavy atom. The fraction of sp³-hybridized carbons (Fsp3) is 0.600. The van der Waals surface area contributed by atoms with Crippen LogP contribution in [0.5, 0.6) is 5.75 Å². The van der Waals surface area contributed by atoms with E-state index in [2.05, 4.69) is 25.7 Å². The summed E-state index contributed by atoms with van der Waals surface area (Å²) in [5, 5.41) is 9.85. The Balaban J connectivity index is 2.70. The molecule has 1 rings (SSSR count). The maximum atomic E-state index is 9.85. The lowest BCUT2D eigenvalue weighted by atomic mass is 10.0. The molecule has 0 radical (unpaired) electrons. The third-order valence-electron chi connectivity index (χ3n) is 3.62. The molecule has 3 heteroatoms. The number of phenolic OH excluding ortho intramolecular Hbond substituents is 1. The van der Waals surface area contributed by atoms with Gasteiger partial charge in [0, 0.05) is 24.3 Å². The molecule has 0 saturated heterocycles. The number of nitrogens with two attached hydrogens (primary N) is 1. The summed E-state index contributed by atoms with van der Waals surface area (Å²) in [6.07, 6.45) is 2.41. The number of aromatic hydroxyl groups is 1. The first-order chi connectivity index (χ1) is 8.60. The van der Waals surface area contributed by atoms with Gasteiger partial charge in [0.15, 0.2) is 0 Å². The van der Waals surface area contributed by atoms with Gasteiger partial charge in [0.2, 0.25) is 0 Å². The van der Waals surface area contributed by atoms with Gasteiger partial charge in [-0.25, -0.2) is 0 Å². The van der Waals surface area contributed by atoms with Crippen molar-refractivity contribution in [2.45, 2.75) is 40.2 Å². The Morgan fingerprint density at radius 3 is 2.44 bits per heavy atom. The molecule has 0 amide bonds. The van der Waals surface area contributed by atoms with Gasteiger partial charge in [0.1, 0.15) is 5.75 Å². The molecule has 0 aromatic heterocycles. The Kier molecular flexibility index (Phi) is 5.99. The van der Waals surface area contributed by atoms with Crippen molar-refractivity contribution < 1.29 is 5.11 Å². The standard InChI is InChI=1S/C15H26N2O/c1-4-12(5-2)10-17(6-3)11-13-9-14(16)7-8-15(13)18/h7-9,12,18H,4-6,10-11,16H2,1-3H3. The van der Waals surface area contributed by atoms with E-state index in [1.807, 2.05) is 6.07 Å². The van der Waals surface area contributed by atoms with Crippen LogP contribution in [-0.4, -0.2) is 23.1 Å². The Morgan fingerprint density at radius 1 is 1.22 bits per heavy atom. The van der Waals surface area contributed by atoms with E-state index in [9.17, 15) is 5.11 Å². The van der Waals surface area contributed by atoms with Crippen molar-refractivity contribution in [1.82, 2.24) is 4.90 Å². The van der Waals surface area contributed by atoms with Gasteiger partial charge in [-0.3, -0.25) is 4.90 Å². The first kappa shape index (κ1) is 14.8. The van der Waals surface area contributed by atoms with Crippen molar-refractivity contribution in [3.8, 4) is 5.75 Å². The van der Waals surface area contributed by atoms with E-state index >= 15 is 0 Å². The van der Waals surface area contributed by atoms with Crippen LogP contribution in [0.3, 0.4) is 0 Å². The molecule has 0 heterocycles. The van der Waals surface area contributed by atoms with Crippen LogP contribution >= 0.6 is 0 Å². The summed E-state index contributed by atoms with van der Waals surface area (Å²) in [4.78, 5) is 2.37. The minimum atomic E-state index is 0.340. The van der Waals surface area contributed by atoms with E-state index < -0.39 is 0 Å². The first-order valence-corrected chi connectivity index (χ1v) is 6.90. The number of hydrogen-bond acceptors (Lipinski definition) is 3. The molecule has 1 aromatic carbocycles. The van der Waals surface area contributed by atoms with Crippen LogP contribution in [0.25, 0.3) is 0 Å². The minimum Gasteiger partial charge on any atom is -0.508 e. The topological polar surface area (TPSA) is 49.5 Å². The van der Waals surface area contributed by atoms with Crippen molar-refractivity contribution >= 4 is 5.69 Å². The molecular formula is C15H26N2O. The van der Waals surface area contributed by atoms with E-state index in [1.54, 1.807) is 12.1 Å². The zero-order valence-corrected chi connectivity index (χ0v) is 11.8. The quantitative estimate of drug-likeness (QED) is 0.577. The minimum absolute atomic E-state index is 0.340. The molecule has 0 saturated carbocycles. The van der Waals surface area contributed by atoms with Gasteiger partial charge in [0.25, 0.3) is 0 Å². The van der Waals surface area contributed by atoms with Crippen LogP contribution in [0.15, 0.2) is 18.2 Å². The molecule has 18 heavy (non-hydrogen) atoms. The number of phenols is 1. The summed E-state index contributed by atoms with van der Waals surface area (Å²) in [6.45, 7) is 9.47. The maximum absolute atomic E-state index is 9.85. The lowest BCUT2D eigenvalue weighted by Gasteiger charge is -2.25. The van der Waals surface area contributed by atoms with E-state index in [0.29, 0.717) is 11.4 Å². The molecule has 0 unspecified atom stereocenters. The van der Waals surface area contributed by atoms with E-state index in [1.165, 1.54) is 12.8 Å². The summed E-state index contributed by atoms with van der Waals surface area (Å²) in [5.41, 5.74) is 7.40. The molecule has 1 aromatic rings. The largest absolute Gasteiger partial charge is 0.508 e. The van der Waals surface area contributed by atoms with E-state index in [-0.39, 0.29) is 0 Å². The second-order valence-electron chi connectivity index (χ2n) is 4.90. The van der Waals surface area contributed by atoms with Crippen molar-refractivity contribution in [1.29, 1.82) is 0 Å². The third-order valence-corrected chi connectivity index (χ3v) is 3.62. The predicted octanol–water partition coefficient (Wildman–Crippen LogP) is 3.23. The number of benzene rings is 1. The predicted molar refractivity (Wildman–Crippen MR) is 77.5 cm³/mol. The molecule has 0 atom stereocenters. The van der Waals surface area contributed by atoms with E-state index in [0.717, 1.165) is 31.1 Å². The van der Waals surface area contributed by atoms with Gasteiger partial charge in [-0.2, -0.15) is 0 Å². The third kappa shape index (κ3) is 4.22. The summed E-state index contributed by atoms with van der Waals surface area (Å²) < 4.78 is 0. The van der Waals surface area contributed by atoms with Crippen LogP contribution in [-0.2, 0) is 6.54 Å². The monoisotopic (exact) mass is 250 g/mol. The SMILES string of the molecule is CCC(CC)CN(CC)Cc1cc(N)ccc1O. The Hall–Kier alpha value is -1.22. The average molecular weight is 250 g/mol. The molecule has 0 aliphatic carbocycles. The molecule has 0 aliphatic rings. The molecule has 3 N–H and O–H groups in total. The lowest BCUT2D eigenvalue weighted by Crippen LogP contribution is -2.28. The van der Waals surface area contributed by atoms with Crippen molar-refractivity contribution in [2.24, 2.45) is 5.92 Å². The van der Waals surface area contributed by atoms with Crippen molar-refractivity contribution in [3.05, 3.63) is 23.8 Å². The Bertz CT molecular complexity index is 362. The molecule has 102 valence electrons. The Labute approximate surface area is 111 Å². The highest BCUT2D eigenvalue weighted by atomic mass is 16.3. The van der Waals surface area contributed by atoms with Crippen LogP contribution in [0.2, 0.25) is 0 Å². The zero-order chi connectivity index (χ0) is 13.5. The second-order valence-corrected chi connectivity index (χ2v) is 4.90. The fourth-order valence-electron chi connectivity index (χ4n) is 2.19. The fourth-order valence-corrected chi connectivity index (χ4v) is 2.19.